The lowest BCUT2D eigenvalue weighted by Gasteiger charge is -2.30. The number of piperidine rings is 1. The van der Waals surface area contributed by atoms with Crippen molar-refractivity contribution in [3.63, 3.8) is 0 Å². The van der Waals surface area contributed by atoms with Gasteiger partial charge in [0, 0.05) is 18.0 Å². The van der Waals surface area contributed by atoms with E-state index in [-0.39, 0.29) is 17.6 Å². The summed E-state index contributed by atoms with van der Waals surface area (Å²) in [6.45, 7) is 2.48. The molecule has 160 valence electrons. The summed E-state index contributed by atoms with van der Waals surface area (Å²) in [5.41, 5.74) is 1.86. The number of carbonyl (C=O) groups is 2. The minimum absolute atomic E-state index is 0.0170. The van der Waals surface area contributed by atoms with E-state index in [0.717, 1.165) is 43.5 Å². The van der Waals surface area contributed by atoms with Crippen LogP contribution in [-0.4, -0.2) is 57.0 Å². The molecule has 1 saturated heterocycles. The van der Waals surface area contributed by atoms with Crippen molar-refractivity contribution in [3.05, 3.63) is 59.7 Å². The molecular formula is C24H30N2O4. The van der Waals surface area contributed by atoms with Gasteiger partial charge in [-0.2, -0.15) is 0 Å². The topological polar surface area (TPSA) is 67.9 Å². The molecule has 6 nitrogen and oxygen atoms in total. The molecule has 6 heteroatoms. The third-order valence-corrected chi connectivity index (χ3v) is 5.57. The molecule has 1 aliphatic heterocycles. The summed E-state index contributed by atoms with van der Waals surface area (Å²) in [6.07, 6.45) is 2.32. The second kappa shape index (κ2) is 10.8. The summed E-state index contributed by atoms with van der Waals surface area (Å²) >= 11 is 0. The number of nitrogens with zero attached hydrogens (tertiary/aromatic N) is 1. The van der Waals surface area contributed by atoms with Crippen LogP contribution in [0.2, 0.25) is 0 Å². The summed E-state index contributed by atoms with van der Waals surface area (Å²) < 4.78 is 10.6. The smallest absolute Gasteiger partial charge is 0.234 e. The second-order valence-electron chi connectivity index (χ2n) is 7.57. The van der Waals surface area contributed by atoms with Gasteiger partial charge in [-0.15, -0.1) is 0 Å². The maximum atomic E-state index is 12.6. The number of amides is 1. The Balaban J connectivity index is 1.38. The van der Waals surface area contributed by atoms with Crippen LogP contribution in [0.5, 0.6) is 11.5 Å². The largest absolute Gasteiger partial charge is 0.493 e. The van der Waals surface area contributed by atoms with Gasteiger partial charge >= 0.3 is 0 Å². The molecule has 1 aliphatic rings. The molecule has 0 aromatic heterocycles. The number of ketones is 1. The molecule has 1 fully saturated rings. The Kier molecular flexibility index (Phi) is 7.85. The Morgan fingerprint density at radius 2 is 1.70 bits per heavy atom. The summed E-state index contributed by atoms with van der Waals surface area (Å²) in [5.74, 6) is 1.67. The number of benzene rings is 2. The van der Waals surface area contributed by atoms with E-state index in [1.807, 2.05) is 48.5 Å². The molecule has 0 radical (unpaired) electrons. The van der Waals surface area contributed by atoms with Gasteiger partial charge in [0.05, 0.1) is 20.8 Å². The maximum absolute atomic E-state index is 12.6. The van der Waals surface area contributed by atoms with Crippen LogP contribution in [0.25, 0.3) is 0 Å². The van der Waals surface area contributed by atoms with E-state index in [4.69, 9.17) is 9.47 Å². The summed E-state index contributed by atoms with van der Waals surface area (Å²) in [5, 5.41) is 2.98. The number of ether oxygens (including phenoxy) is 2. The van der Waals surface area contributed by atoms with Crippen molar-refractivity contribution in [2.24, 2.45) is 5.92 Å². The summed E-state index contributed by atoms with van der Waals surface area (Å²) in [4.78, 5) is 27.0. The highest BCUT2D eigenvalue weighted by Crippen LogP contribution is 2.27. The van der Waals surface area contributed by atoms with Crippen LogP contribution in [-0.2, 0) is 11.2 Å². The molecule has 1 amide bonds. The van der Waals surface area contributed by atoms with Crippen LogP contribution >= 0.6 is 0 Å². The van der Waals surface area contributed by atoms with E-state index in [2.05, 4.69) is 10.2 Å². The molecule has 0 bridgehead atoms. The predicted octanol–water partition coefficient (Wildman–Crippen LogP) is 2.96. The zero-order chi connectivity index (χ0) is 21.3. The van der Waals surface area contributed by atoms with Crippen molar-refractivity contribution in [3.8, 4) is 11.5 Å². The molecule has 0 saturated carbocycles. The number of hydrogen-bond donors (Lipinski definition) is 1. The highest BCUT2D eigenvalue weighted by atomic mass is 16.5. The van der Waals surface area contributed by atoms with Gasteiger partial charge in [-0.3, -0.25) is 14.5 Å². The Labute approximate surface area is 178 Å². The van der Waals surface area contributed by atoms with Crippen molar-refractivity contribution in [2.45, 2.75) is 19.3 Å². The van der Waals surface area contributed by atoms with Gasteiger partial charge in [0.1, 0.15) is 0 Å². The Hall–Kier alpha value is -2.86. The molecule has 0 aliphatic carbocycles. The molecule has 3 rings (SSSR count). The van der Waals surface area contributed by atoms with Crippen LogP contribution < -0.4 is 14.8 Å². The number of Topliss-reactive ketones (excluding diaryl/α,β-unsaturated/α-hetero) is 1. The molecule has 0 atom stereocenters. The first kappa shape index (κ1) is 21.8. The summed E-state index contributed by atoms with van der Waals surface area (Å²) in [7, 11) is 3.22. The highest BCUT2D eigenvalue weighted by molar-refractivity contribution is 5.97. The number of methoxy groups -OCH3 is 2. The maximum Gasteiger partial charge on any atom is 0.234 e. The number of rotatable bonds is 9. The fourth-order valence-electron chi connectivity index (χ4n) is 3.83. The third kappa shape index (κ3) is 5.83. The molecule has 0 unspecified atom stereocenters. The SMILES string of the molecule is COc1ccc(CCNC(=O)CN2CCC(C(=O)c3ccccc3)CC2)cc1OC. The van der Waals surface area contributed by atoms with Crippen LogP contribution in [0.4, 0.5) is 0 Å². The zero-order valence-electron chi connectivity index (χ0n) is 17.7. The average molecular weight is 411 g/mol. The molecular weight excluding hydrogens is 380 g/mol. The third-order valence-electron chi connectivity index (χ3n) is 5.57. The van der Waals surface area contributed by atoms with Crippen LogP contribution in [0, 0.1) is 5.92 Å². The van der Waals surface area contributed by atoms with E-state index in [9.17, 15) is 9.59 Å². The van der Waals surface area contributed by atoms with Crippen LogP contribution in [0.1, 0.15) is 28.8 Å². The zero-order valence-corrected chi connectivity index (χ0v) is 17.7. The quantitative estimate of drug-likeness (QED) is 0.644. The molecule has 2 aromatic rings. The Morgan fingerprint density at radius 3 is 2.37 bits per heavy atom. The van der Waals surface area contributed by atoms with Gasteiger partial charge in [0.2, 0.25) is 5.91 Å². The van der Waals surface area contributed by atoms with Gasteiger partial charge in [-0.25, -0.2) is 0 Å². The average Bonchev–Trinajstić information content (AvgIpc) is 2.79. The van der Waals surface area contributed by atoms with E-state index in [1.54, 1.807) is 14.2 Å². The van der Waals surface area contributed by atoms with Gasteiger partial charge in [0.15, 0.2) is 17.3 Å². The lowest BCUT2D eigenvalue weighted by molar-refractivity contribution is -0.122. The van der Waals surface area contributed by atoms with Gasteiger partial charge < -0.3 is 14.8 Å². The predicted molar refractivity (Wildman–Crippen MR) is 116 cm³/mol. The molecule has 0 spiro atoms. The molecule has 2 aromatic carbocycles. The number of hydrogen-bond acceptors (Lipinski definition) is 5. The lowest BCUT2D eigenvalue weighted by Crippen LogP contribution is -2.43. The molecule has 30 heavy (non-hydrogen) atoms. The fourth-order valence-corrected chi connectivity index (χ4v) is 3.83. The highest BCUT2D eigenvalue weighted by Gasteiger charge is 2.26. The first-order chi connectivity index (χ1) is 14.6. The monoisotopic (exact) mass is 410 g/mol. The van der Waals surface area contributed by atoms with Crippen molar-refractivity contribution >= 4 is 11.7 Å². The minimum Gasteiger partial charge on any atom is -0.493 e. The Morgan fingerprint density at radius 1 is 1.00 bits per heavy atom. The van der Waals surface area contributed by atoms with E-state index >= 15 is 0 Å². The van der Waals surface area contributed by atoms with Crippen LogP contribution in [0.15, 0.2) is 48.5 Å². The second-order valence-corrected chi connectivity index (χ2v) is 7.57. The first-order valence-corrected chi connectivity index (χ1v) is 10.4. The Bertz CT molecular complexity index is 846. The first-order valence-electron chi connectivity index (χ1n) is 10.4. The van der Waals surface area contributed by atoms with E-state index in [0.29, 0.717) is 24.6 Å². The minimum atomic E-state index is 0.0170. The fraction of sp³-hybridized carbons (Fsp3) is 0.417. The van der Waals surface area contributed by atoms with E-state index < -0.39 is 0 Å². The van der Waals surface area contributed by atoms with Crippen molar-refractivity contribution in [1.82, 2.24) is 10.2 Å². The number of carbonyl (C=O) groups excluding carboxylic acids is 2. The van der Waals surface area contributed by atoms with Gasteiger partial charge in [-0.05, 0) is 50.0 Å². The van der Waals surface area contributed by atoms with E-state index in [1.165, 1.54) is 0 Å². The number of nitrogens with one attached hydrogen (secondary N) is 1. The normalized spacial score (nSPS) is 14.9. The summed E-state index contributed by atoms with van der Waals surface area (Å²) in [6, 6.07) is 15.2. The van der Waals surface area contributed by atoms with Crippen molar-refractivity contribution in [1.29, 1.82) is 0 Å². The van der Waals surface area contributed by atoms with Gasteiger partial charge in [-0.1, -0.05) is 36.4 Å². The number of likely N-dealkylation sites (tertiary alicyclic amines) is 1. The standard InChI is InChI=1S/C24H30N2O4/c1-29-21-9-8-18(16-22(21)30-2)10-13-25-23(27)17-26-14-11-20(12-15-26)24(28)19-6-4-3-5-7-19/h3-9,16,20H,10-15,17H2,1-2H3,(H,25,27). The van der Waals surface area contributed by atoms with Crippen molar-refractivity contribution < 1.29 is 19.1 Å². The lowest BCUT2D eigenvalue weighted by atomic mass is 9.89. The van der Waals surface area contributed by atoms with Crippen molar-refractivity contribution in [2.75, 3.05) is 40.4 Å². The molecule has 1 heterocycles. The van der Waals surface area contributed by atoms with Crippen LogP contribution in [0.3, 0.4) is 0 Å². The van der Waals surface area contributed by atoms with Gasteiger partial charge in [0.25, 0.3) is 0 Å². The molecule has 1 N–H and O–H groups in total.